The number of nitrogens with one attached hydrogen (secondary N) is 1. The number of amides is 2. The van der Waals surface area contributed by atoms with Gasteiger partial charge in [0.05, 0.1) is 36.2 Å². The van der Waals surface area contributed by atoms with Gasteiger partial charge >= 0.3 is 12.0 Å². The van der Waals surface area contributed by atoms with Gasteiger partial charge in [0.15, 0.2) is 5.82 Å². The highest BCUT2D eigenvalue weighted by molar-refractivity contribution is 6.31. The first-order valence-corrected chi connectivity index (χ1v) is 12.8. The van der Waals surface area contributed by atoms with Crippen molar-refractivity contribution in [1.82, 2.24) is 24.1 Å². The molecule has 0 bridgehead atoms. The maximum absolute atomic E-state index is 14.8. The lowest BCUT2D eigenvalue weighted by atomic mass is 9.98. The van der Waals surface area contributed by atoms with E-state index in [4.69, 9.17) is 37.7 Å². The molecular weight excluding hydrogens is 564 g/mol. The van der Waals surface area contributed by atoms with Crippen molar-refractivity contribution >= 4 is 40.7 Å². The van der Waals surface area contributed by atoms with Crippen molar-refractivity contribution in [1.29, 1.82) is 0 Å². The van der Waals surface area contributed by atoms with Gasteiger partial charge in [-0.1, -0.05) is 29.3 Å². The highest BCUT2D eigenvalue weighted by Crippen LogP contribution is 2.45. The molecule has 0 saturated heterocycles. The van der Waals surface area contributed by atoms with Crippen molar-refractivity contribution < 1.29 is 18.7 Å². The molecule has 4 heterocycles. The molecule has 1 aliphatic heterocycles. The topological polar surface area (TPSA) is 116 Å². The molecule has 1 N–H and O–H groups in total. The molecule has 0 aliphatic carbocycles. The number of nitrogens with zero attached hydrogens (tertiary/aromatic N) is 6. The summed E-state index contributed by atoms with van der Waals surface area (Å²) in [4.78, 5) is 40.7. The first-order chi connectivity index (χ1) is 19.0. The molecular formula is C26H24Cl2FN7O4. The second kappa shape index (κ2) is 10.4. The molecule has 1 aromatic carbocycles. The predicted octanol–water partition coefficient (Wildman–Crippen LogP) is 5.22. The van der Waals surface area contributed by atoms with E-state index in [0.29, 0.717) is 28.3 Å². The number of fused-ring (bicyclic) bond motifs is 1. The van der Waals surface area contributed by atoms with Gasteiger partial charge in [-0.15, -0.1) is 0 Å². The number of aromatic nitrogens is 5. The number of hydrogen-bond donors (Lipinski definition) is 1. The third kappa shape index (κ3) is 4.52. The van der Waals surface area contributed by atoms with Gasteiger partial charge in [-0.3, -0.25) is 15.0 Å². The number of pyridine rings is 1. The summed E-state index contributed by atoms with van der Waals surface area (Å²) >= 11 is 12.2. The van der Waals surface area contributed by atoms with Crippen molar-refractivity contribution in [3.63, 3.8) is 0 Å². The van der Waals surface area contributed by atoms with Crippen LogP contribution < -0.4 is 25.2 Å². The van der Waals surface area contributed by atoms with Crippen molar-refractivity contribution in [2.45, 2.75) is 25.9 Å². The van der Waals surface area contributed by atoms with Gasteiger partial charge in [0, 0.05) is 25.5 Å². The first kappa shape index (κ1) is 27.4. The molecule has 1 atom stereocenters. The highest BCUT2D eigenvalue weighted by atomic mass is 35.5. The van der Waals surface area contributed by atoms with Crippen LogP contribution in [0.3, 0.4) is 0 Å². The van der Waals surface area contributed by atoms with E-state index in [2.05, 4.69) is 15.3 Å². The summed E-state index contributed by atoms with van der Waals surface area (Å²) in [5, 5.41) is 2.68. The maximum Gasteiger partial charge on any atom is 0.328 e. The Labute approximate surface area is 238 Å². The van der Waals surface area contributed by atoms with Crippen LogP contribution in [0.4, 0.5) is 20.7 Å². The van der Waals surface area contributed by atoms with Crippen LogP contribution in [0.5, 0.6) is 11.9 Å². The molecule has 0 fully saturated rings. The van der Waals surface area contributed by atoms with E-state index < -0.39 is 23.4 Å². The van der Waals surface area contributed by atoms with Gasteiger partial charge < -0.3 is 18.6 Å². The minimum absolute atomic E-state index is 0.0703. The van der Waals surface area contributed by atoms with Crippen molar-refractivity contribution in [2.24, 2.45) is 7.05 Å². The molecule has 2 amide bonds. The lowest BCUT2D eigenvalue weighted by molar-refractivity contribution is 0.254. The summed E-state index contributed by atoms with van der Waals surface area (Å²) in [6.07, 6.45) is 3.00. The van der Waals surface area contributed by atoms with Gasteiger partial charge in [0.2, 0.25) is 5.88 Å². The fraction of sp³-hybridized carbons (Fsp3) is 0.269. The fourth-order valence-corrected chi connectivity index (χ4v) is 5.07. The third-order valence-electron chi connectivity index (χ3n) is 6.44. The van der Waals surface area contributed by atoms with Crippen LogP contribution in [0.2, 0.25) is 10.0 Å². The lowest BCUT2D eigenvalue weighted by Crippen LogP contribution is -2.44. The minimum Gasteiger partial charge on any atom is -0.480 e. The van der Waals surface area contributed by atoms with E-state index in [0.717, 1.165) is 0 Å². The number of imidazole rings is 1. The number of methoxy groups -OCH3 is 2. The molecule has 0 spiro atoms. The largest absolute Gasteiger partial charge is 0.480 e. The molecule has 40 heavy (non-hydrogen) atoms. The SMILES string of the molecule is COc1ncc(-c2nc3c(n2C(C)C)C(c2ccc(Cl)c(F)c2)N(c2cc(Cl)c(=O)n(C)c2)C(=O)N3)c(OC)n1. The Hall–Kier alpha value is -4.16. The summed E-state index contributed by atoms with van der Waals surface area (Å²) in [6, 6.07) is 4.13. The summed E-state index contributed by atoms with van der Waals surface area (Å²) in [5.41, 5.74) is 1.26. The van der Waals surface area contributed by atoms with Crippen LogP contribution >= 0.6 is 23.2 Å². The third-order valence-corrected chi connectivity index (χ3v) is 7.01. The van der Waals surface area contributed by atoms with Crippen molar-refractivity contribution in [2.75, 3.05) is 24.4 Å². The first-order valence-electron chi connectivity index (χ1n) is 12.0. The average Bonchev–Trinajstić information content (AvgIpc) is 3.30. The molecule has 208 valence electrons. The van der Waals surface area contributed by atoms with Crippen LogP contribution in [0.1, 0.15) is 37.2 Å². The van der Waals surface area contributed by atoms with E-state index >= 15 is 0 Å². The van der Waals surface area contributed by atoms with Crippen LogP contribution in [0.15, 0.2) is 41.5 Å². The van der Waals surface area contributed by atoms with Gasteiger partial charge in [-0.25, -0.2) is 19.2 Å². The zero-order valence-corrected chi connectivity index (χ0v) is 23.6. The molecule has 1 unspecified atom stereocenters. The van der Waals surface area contributed by atoms with Crippen molar-refractivity contribution in [3.05, 3.63) is 74.1 Å². The number of carbonyl (C=O) groups excluding carboxylic acids is 1. The van der Waals surface area contributed by atoms with Gasteiger partial charge in [0.25, 0.3) is 5.56 Å². The Bertz CT molecular complexity index is 1680. The summed E-state index contributed by atoms with van der Waals surface area (Å²) in [6.45, 7) is 3.87. The number of carbonyl (C=O) groups is 1. The highest BCUT2D eigenvalue weighted by Gasteiger charge is 2.41. The molecule has 0 saturated carbocycles. The standard InChI is InChI=1S/C26H24Cl2FN7O4/c1-12(2)35-20-19(13-6-7-16(27)18(29)8-13)36(14-9-17(28)24(37)34(3)11-14)26(38)32-21(20)31-22(35)15-10-30-25(40-5)33-23(15)39-4/h6-12,19H,1-5H3,(H,32,38). The van der Waals surface area contributed by atoms with Gasteiger partial charge in [-0.05, 0) is 37.6 Å². The summed E-state index contributed by atoms with van der Waals surface area (Å²) in [7, 11) is 4.42. The number of anilines is 2. The second-order valence-electron chi connectivity index (χ2n) is 9.25. The zero-order chi connectivity index (χ0) is 28.9. The Balaban J connectivity index is 1.83. The van der Waals surface area contributed by atoms with E-state index in [1.807, 2.05) is 18.4 Å². The number of halogens is 3. The van der Waals surface area contributed by atoms with E-state index in [9.17, 15) is 14.0 Å². The minimum atomic E-state index is -0.905. The Morgan fingerprint density at radius 2 is 1.82 bits per heavy atom. The monoisotopic (exact) mass is 587 g/mol. The average molecular weight is 588 g/mol. The van der Waals surface area contributed by atoms with Gasteiger partial charge in [0.1, 0.15) is 22.7 Å². The van der Waals surface area contributed by atoms with Crippen molar-refractivity contribution in [3.8, 4) is 23.3 Å². The normalized spacial score (nSPS) is 14.8. The van der Waals surface area contributed by atoms with Crippen LogP contribution in [-0.2, 0) is 7.05 Å². The predicted molar refractivity (Wildman–Crippen MR) is 148 cm³/mol. The second-order valence-corrected chi connectivity index (χ2v) is 10.1. The van der Waals surface area contributed by atoms with Crippen LogP contribution in [0.25, 0.3) is 11.4 Å². The number of ether oxygens (including phenoxy) is 2. The molecule has 14 heteroatoms. The van der Waals surface area contributed by atoms with E-state index in [1.165, 1.54) is 61.3 Å². The Morgan fingerprint density at radius 3 is 2.45 bits per heavy atom. The number of aryl methyl sites for hydroxylation is 1. The molecule has 11 nitrogen and oxygen atoms in total. The smallest absolute Gasteiger partial charge is 0.328 e. The summed E-state index contributed by atoms with van der Waals surface area (Å²) in [5.74, 6) is 0.197. The Morgan fingerprint density at radius 1 is 1.07 bits per heavy atom. The van der Waals surface area contributed by atoms with Crippen LogP contribution in [0, 0.1) is 5.82 Å². The Kier molecular flexibility index (Phi) is 7.15. The summed E-state index contributed by atoms with van der Waals surface area (Å²) < 4.78 is 28.6. The molecule has 3 aromatic heterocycles. The number of benzene rings is 1. The molecule has 4 aromatic rings. The van der Waals surface area contributed by atoms with E-state index in [-0.39, 0.29) is 33.8 Å². The maximum atomic E-state index is 14.8. The molecule has 1 aliphatic rings. The van der Waals surface area contributed by atoms with Gasteiger partial charge in [-0.2, -0.15) is 4.98 Å². The molecule has 5 rings (SSSR count). The molecule has 0 radical (unpaired) electrons. The lowest BCUT2D eigenvalue weighted by Gasteiger charge is -2.37. The zero-order valence-electron chi connectivity index (χ0n) is 22.1. The van der Waals surface area contributed by atoms with E-state index in [1.54, 1.807) is 6.07 Å². The number of urea groups is 1. The number of rotatable bonds is 6. The quantitative estimate of drug-likeness (QED) is 0.328. The fourth-order valence-electron chi connectivity index (χ4n) is 4.71. The number of hydrogen-bond acceptors (Lipinski definition) is 7. The van der Waals surface area contributed by atoms with Crippen LogP contribution in [-0.4, -0.2) is 44.3 Å².